The second kappa shape index (κ2) is 5.67. The fourth-order valence-electron chi connectivity index (χ4n) is 2.44. The molecule has 0 aromatic heterocycles. The zero-order chi connectivity index (χ0) is 11.4. The molecule has 2 unspecified atom stereocenters. The summed E-state index contributed by atoms with van der Waals surface area (Å²) >= 11 is 0. The number of amides is 1. The first-order chi connectivity index (χ1) is 7.75. The molecule has 0 bridgehead atoms. The lowest BCUT2D eigenvalue weighted by Crippen LogP contribution is -2.48. The Balaban J connectivity index is 1.58. The molecule has 92 valence electrons. The van der Waals surface area contributed by atoms with Gasteiger partial charge >= 0.3 is 0 Å². The van der Waals surface area contributed by atoms with Gasteiger partial charge in [0.2, 0.25) is 5.91 Å². The third-order valence-electron chi connectivity index (χ3n) is 3.77. The van der Waals surface area contributed by atoms with E-state index in [1.807, 2.05) is 0 Å². The van der Waals surface area contributed by atoms with Gasteiger partial charge in [-0.3, -0.25) is 4.79 Å². The molecule has 1 amide bonds. The maximum atomic E-state index is 11.8. The summed E-state index contributed by atoms with van der Waals surface area (Å²) in [5, 5.41) is 6.35. The van der Waals surface area contributed by atoms with Gasteiger partial charge in [0, 0.05) is 6.54 Å². The fraction of sp³-hybridized carbons (Fsp3) is 0.923. The number of hydrogen-bond acceptors (Lipinski definition) is 2. The largest absolute Gasteiger partial charge is 0.355 e. The Bertz CT molecular complexity index is 238. The third-order valence-corrected chi connectivity index (χ3v) is 3.77. The molecule has 1 aliphatic carbocycles. The fourth-order valence-corrected chi connectivity index (χ4v) is 2.44. The average Bonchev–Trinajstić information content (AvgIpc) is 3.08. The van der Waals surface area contributed by atoms with E-state index in [2.05, 4.69) is 17.6 Å². The normalized spacial score (nSPS) is 30.1. The van der Waals surface area contributed by atoms with Crippen LogP contribution in [0.3, 0.4) is 0 Å². The molecule has 3 nitrogen and oxygen atoms in total. The van der Waals surface area contributed by atoms with E-state index in [1.165, 1.54) is 25.7 Å². The van der Waals surface area contributed by atoms with Crippen LogP contribution in [-0.2, 0) is 4.79 Å². The van der Waals surface area contributed by atoms with E-state index in [0.717, 1.165) is 31.8 Å². The molecule has 1 aliphatic heterocycles. The van der Waals surface area contributed by atoms with Crippen molar-refractivity contribution in [3.8, 4) is 0 Å². The second-order valence-electron chi connectivity index (χ2n) is 5.51. The highest BCUT2D eigenvalue weighted by molar-refractivity contribution is 5.81. The van der Waals surface area contributed by atoms with Crippen LogP contribution in [0.5, 0.6) is 0 Å². The van der Waals surface area contributed by atoms with Crippen LogP contribution in [0.15, 0.2) is 0 Å². The van der Waals surface area contributed by atoms with Crippen molar-refractivity contribution in [1.29, 1.82) is 0 Å². The van der Waals surface area contributed by atoms with Gasteiger partial charge < -0.3 is 10.6 Å². The van der Waals surface area contributed by atoms with Crippen molar-refractivity contribution in [2.45, 2.75) is 51.5 Å². The molecular formula is C13H24N2O. The van der Waals surface area contributed by atoms with E-state index in [0.29, 0.717) is 5.92 Å². The maximum absolute atomic E-state index is 11.8. The summed E-state index contributed by atoms with van der Waals surface area (Å²) in [5.41, 5.74) is 0. The lowest BCUT2D eigenvalue weighted by atomic mass is 9.94. The van der Waals surface area contributed by atoms with Crippen LogP contribution < -0.4 is 10.6 Å². The van der Waals surface area contributed by atoms with Gasteiger partial charge in [-0.1, -0.05) is 19.8 Å². The van der Waals surface area contributed by atoms with E-state index < -0.39 is 0 Å². The van der Waals surface area contributed by atoms with Crippen LogP contribution in [0.4, 0.5) is 0 Å². The Kier molecular flexibility index (Phi) is 4.22. The monoisotopic (exact) mass is 224 g/mol. The van der Waals surface area contributed by atoms with Crippen molar-refractivity contribution in [2.24, 2.45) is 11.8 Å². The molecule has 2 N–H and O–H groups in total. The first-order valence-corrected chi connectivity index (χ1v) is 6.77. The molecule has 2 aliphatic rings. The molecule has 1 saturated carbocycles. The van der Waals surface area contributed by atoms with Gasteiger partial charge in [0.15, 0.2) is 0 Å². The molecule has 2 rings (SSSR count). The molecule has 2 atom stereocenters. The summed E-state index contributed by atoms with van der Waals surface area (Å²) in [6, 6.07) is 0.0599. The van der Waals surface area contributed by atoms with Crippen molar-refractivity contribution in [2.75, 3.05) is 13.1 Å². The van der Waals surface area contributed by atoms with Gasteiger partial charge in [-0.2, -0.15) is 0 Å². The van der Waals surface area contributed by atoms with Gasteiger partial charge in [0.1, 0.15) is 0 Å². The highest BCUT2D eigenvalue weighted by Gasteiger charge is 2.24. The van der Waals surface area contributed by atoms with Gasteiger partial charge in [0.05, 0.1) is 6.04 Å². The number of hydrogen-bond donors (Lipinski definition) is 2. The highest BCUT2D eigenvalue weighted by atomic mass is 16.2. The Morgan fingerprint density at radius 3 is 2.88 bits per heavy atom. The molecule has 1 heterocycles. The zero-order valence-electron chi connectivity index (χ0n) is 10.3. The number of piperidine rings is 1. The van der Waals surface area contributed by atoms with Crippen molar-refractivity contribution in [1.82, 2.24) is 10.6 Å². The molecule has 3 heteroatoms. The number of carbonyl (C=O) groups excluding carboxylic acids is 1. The summed E-state index contributed by atoms with van der Waals surface area (Å²) in [5.74, 6) is 1.87. The van der Waals surface area contributed by atoms with Crippen LogP contribution >= 0.6 is 0 Å². The first kappa shape index (κ1) is 11.9. The van der Waals surface area contributed by atoms with Crippen LogP contribution in [-0.4, -0.2) is 25.0 Å². The molecule has 2 fully saturated rings. The minimum atomic E-state index is 0.0599. The summed E-state index contributed by atoms with van der Waals surface area (Å²) in [4.78, 5) is 11.8. The standard InChI is InChI=1S/C13H24N2O/c1-10-6-8-14-12(9-10)13(16)15-7-2-3-11-4-5-11/h10-12,14H,2-9H2,1H3,(H,15,16). The van der Waals surface area contributed by atoms with E-state index in [4.69, 9.17) is 0 Å². The minimum Gasteiger partial charge on any atom is -0.355 e. The summed E-state index contributed by atoms with van der Waals surface area (Å²) in [6.45, 7) is 4.08. The summed E-state index contributed by atoms with van der Waals surface area (Å²) in [7, 11) is 0. The van der Waals surface area contributed by atoms with Crippen molar-refractivity contribution in [3.05, 3.63) is 0 Å². The summed E-state index contributed by atoms with van der Waals surface area (Å²) < 4.78 is 0. The molecule has 16 heavy (non-hydrogen) atoms. The predicted molar refractivity (Wildman–Crippen MR) is 65.2 cm³/mol. The Labute approximate surface area is 98.4 Å². The molecule has 0 aromatic rings. The number of carbonyl (C=O) groups is 1. The Hall–Kier alpha value is -0.570. The van der Waals surface area contributed by atoms with E-state index in [1.54, 1.807) is 0 Å². The number of rotatable bonds is 5. The van der Waals surface area contributed by atoms with Gasteiger partial charge in [0.25, 0.3) is 0 Å². The summed E-state index contributed by atoms with van der Waals surface area (Å²) in [6.07, 6.45) is 7.47. The molecule has 0 radical (unpaired) electrons. The smallest absolute Gasteiger partial charge is 0.237 e. The van der Waals surface area contributed by atoms with E-state index in [9.17, 15) is 4.79 Å². The van der Waals surface area contributed by atoms with Crippen molar-refractivity contribution >= 4 is 5.91 Å². The minimum absolute atomic E-state index is 0.0599. The van der Waals surface area contributed by atoms with Crippen LogP contribution in [0, 0.1) is 11.8 Å². The predicted octanol–water partition coefficient (Wildman–Crippen LogP) is 1.68. The topological polar surface area (TPSA) is 41.1 Å². The van der Waals surface area contributed by atoms with Crippen molar-refractivity contribution in [3.63, 3.8) is 0 Å². The van der Waals surface area contributed by atoms with Crippen molar-refractivity contribution < 1.29 is 4.79 Å². The molecule has 1 saturated heterocycles. The van der Waals surface area contributed by atoms with Crippen LogP contribution in [0.1, 0.15) is 45.4 Å². The first-order valence-electron chi connectivity index (χ1n) is 6.77. The lowest BCUT2D eigenvalue weighted by Gasteiger charge is -2.27. The molecule has 0 spiro atoms. The SMILES string of the molecule is CC1CCNC(C(=O)NCCCC2CC2)C1. The number of nitrogens with one attached hydrogen (secondary N) is 2. The lowest BCUT2D eigenvalue weighted by molar-refractivity contribution is -0.124. The molecular weight excluding hydrogens is 200 g/mol. The van der Waals surface area contributed by atoms with Gasteiger partial charge in [-0.15, -0.1) is 0 Å². The van der Waals surface area contributed by atoms with E-state index >= 15 is 0 Å². The van der Waals surface area contributed by atoms with Crippen LogP contribution in [0.2, 0.25) is 0 Å². The Morgan fingerprint density at radius 2 is 2.19 bits per heavy atom. The maximum Gasteiger partial charge on any atom is 0.237 e. The van der Waals surface area contributed by atoms with Gasteiger partial charge in [-0.05, 0) is 44.1 Å². The van der Waals surface area contributed by atoms with E-state index in [-0.39, 0.29) is 11.9 Å². The van der Waals surface area contributed by atoms with Crippen LogP contribution in [0.25, 0.3) is 0 Å². The average molecular weight is 224 g/mol. The highest BCUT2D eigenvalue weighted by Crippen LogP contribution is 2.33. The quantitative estimate of drug-likeness (QED) is 0.698. The third kappa shape index (κ3) is 3.78. The Morgan fingerprint density at radius 1 is 1.38 bits per heavy atom. The zero-order valence-corrected chi connectivity index (χ0v) is 10.3. The van der Waals surface area contributed by atoms with Gasteiger partial charge in [-0.25, -0.2) is 0 Å². The molecule has 0 aromatic carbocycles. The second-order valence-corrected chi connectivity index (χ2v) is 5.51.